The Morgan fingerprint density at radius 2 is 0.714 bits per heavy atom. The zero-order chi connectivity index (χ0) is 2.00. The first kappa shape index (κ1) is 152. The van der Waals surface area contributed by atoms with Gasteiger partial charge in [-0.2, -0.15) is 7.11 Å². The van der Waals surface area contributed by atoms with E-state index in [9.17, 15) is 0 Å². The number of hydrogen-bond acceptors (Lipinski definition) is 1. The molecular weight excluding hydrogens is 197 g/mol. The van der Waals surface area contributed by atoms with Crippen LogP contribution in [0.5, 0.6) is 0 Å². The van der Waals surface area contributed by atoms with Gasteiger partial charge in [-0.25, -0.2) is 0 Å². The molecule has 1 nitrogen and oxygen atoms in total. The molecular formula is CH3F4NbO. The van der Waals surface area contributed by atoms with Crippen LogP contribution in [-0.4, -0.2) is 7.11 Å². The maximum Gasteiger partial charge on any atom is 5.00 e. The van der Waals surface area contributed by atoms with Gasteiger partial charge in [-0.15, -0.1) is 0 Å². The van der Waals surface area contributed by atoms with Crippen LogP contribution in [0.25, 0.3) is 0 Å². The molecule has 46 valence electrons. The molecule has 0 aromatic carbocycles. The summed E-state index contributed by atoms with van der Waals surface area (Å²) < 4.78 is 0. The Bertz CT molecular complexity index is 11.7. The van der Waals surface area contributed by atoms with E-state index in [-0.39, 0.29) is 41.2 Å². The predicted octanol–water partition coefficient (Wildman–Crippen LogP) is -13.0. The monoisotopic (exact) mass is 200 g/mol. The number of rotatable bonds is 0. The summed E-state index contributed by atoms with van der Waals surface area (Å²) in [7, 11) is 0.750. The zero-order valence-electron chi connectivity index (χ0n) is 3.37. The molecule has 0 rings (SSSR count). The average molecular weight is 200 g/mol. The van der Waals surface area contributed by atoms with Gasteiger partial charge >= 0.3 is 22.4 Å². The van der Waals surface area contributed by atoms with Gasteiger partial charge in [-0.05, 0) is 0 Å². The zero-order valence-corrected chi connectivity index (χ0v) is 5.57. The average Bonchev–Trinajstić information content (AvgIpc) is 1.00. The minimum Gasteiger partial charge on any atom is -1.00 e. The Morgan fingerprint density at radius 1 is 0.714 bits per heavy atom. The van der Waals surface area contributed by atoms with Crippen LogP contribution < -0.4 is 23.9 Å². The normalized spacial score (nSPS) is 0.857. The SMILES string of the molecule is C[O-].[F-].[F-].[F-].[F-].[Nb+5]. The second-order valence-corrected chi connectivity index (χ2v) is 0. The smallest absolute Gasteiger partial charge is 1.00 e. The quantitative estimate of drug-likeness (QED) is 0.281. The van der Waals surface area contributed by atoms with Crippen LogP contribution in [0.15, 0.2) is 0 Å². The maximum absolute atomic E-state index is 8.25. The first-order valence-corrected chi connectivity index (χ1v) is 0.408. The Balaban J connectivity index is -0.000000000500. The van der Waals surface area contributed by atoms with Gasteiger partial charge in [0, 0.05) is 0 Å². The van der Waals surface area contributed by atoms with Crippen LogP contribution in [0.3, 0.4) is 0 Å². The Kier molecular flexibility index (Phi) is 23100. The summed E-state index contributed by atoms with van der Waals surface area (Å²) in [6.07, 6.45) is 0. The molecule has 7 heavy (non-hydrogen) atoms. The van der Waals surface area contributed by atoms with Crippen molar-refractivity contribution in [1.82, 2.24) is 0 Å². The van der Waals surface area contributed by atoms with Crippen molar-refractivity contribution in [2.45, 2.75) is 0 Å². The van der Waals surface area contributed by atoms with Gasteiger partial charge in [0.05, 0.1) is 0 Å². The molecule has 0 aliphatic rings. The molecule has 0 radical (unpaired) electrons. The third kappa shape index (κ3) is 710. The molecule has 0 aromatic heterocycles. The topological polar surface area (TPSA) is 23.1 Å². The van der Waals surface area contributed by atoms with E-state index in [4.69, 9.17) is 5.11 Å². The van der Waals surface area contributed by atoms with E-state index in [1.165, 1.54) is 0 Å². The van der Waals surface area contributed by atoms with Crippen molar-refractivity contribution >= 4 is 0 Å². The Labute approximate surface area is 54.1 Å². The van der Waals surface area contributed by atoms with E-state index >= 15 is 0 Å². The van der Waals surface area contributed by atoms with Gasteiger partial charge in [0.15, 0.2) is 0 Å². The molecule has 0 bridgehead atoms. The fraction of sp³-hybridized carbons (Fsp3) is 1.00. The molecule has 0 aromatic rings. The second-order valence-electron chi connectivity index (χ2n) is 0. The summed E-state index contributed by atoms with van der Waals surface area (Å²) in [6, 6.07) is 0. The van der Waals surface area contributed by atoms with Crippen LogP contribution in [0.2, 0.25) is 0 Å². The molecule has 0 aliphatic carbocycles. The molecule has 0 aliphatic heterocycles. The summed E-state index contributed by atoms with van der Waals surface area (Å²) in [5.74, 6) is 0. The molecule has 0 saturated carbocycles. The van der Waals surface area contributed by atoms with E-state index in [1.54, 1.807) is 0 Å². The van der Waals surface area contributed by atoms with E-state index in [0.717, 1.165) is 7.11 Å². The van der Waals surface area contributed by atoms with Gasteiger partial charge in [-0.1, -0.05) is 0 Å². The minimum atomic E-state index is 0. The molecule has 0 heterocycles. The summed E-state index contributed by atoms with van der Waals surface area (Å²) >= 11 is 0. The molecule has 0 saturated heterocycles. The summed E-state index contributed by atoms with van der Waals surface area (Å²) in [4.78, 5) is 0. The van der Waals surface area contributed by atoms with Crippen molar-refractivity contribution in [3.05, 3.63) is 0 Å². The van der Waals surface area contributed by atoms with Gasteiger partial charge in [0.2, 0.25) is 0 Å². The van der Waals surface area contributed by atoms with Crippen LogP contribution >= 0.6 is 0 Å². The first-order valence-electron chi connectivity index (χ1n) is 0.408. The minimum absolute atomic E-state index is 0. The number of hydrogen-bond donors (Lipinski definition) is 0. The second kappa shape index (κ2) is 1070. The Morgan fingerprint density at radius 3 is 0.714 bits per heavy atom. The number of halogens is 4. The van der Waals surface area contributed by atoms with Gasteiger partial charge < -0.3 is 23.9 Å². The molecule has 0 spiro atoms. The van der Waals surface area contributed by atoms with Gasteiger partial charge in [-0.3, -0.25) is 0 Å². The largest absolute Gasteiger partial charge is 5.00 e. The van der Waals surface area contributed by atoms with Crippen LogP contribution in [-0.2, 0) is 22.4 Å². The van der Waals surface area contributed by atoms with Crippen molar-refractivity contribution in [2.24, 2.45) is 0 Å². The third-order valence-corrected chi connectivity index (χ3v) is 0. The molecule has 6 heteroatoms. The van der Waals surface area contributed by atoms with E-state index in [1.807, 2.05) is 0 Å². The summed E-state index contributed by atoms with van der Waals surface area (Å²) in [5, 5.41) is 8.25. The van der Waals surface area contributed by atoms with Gasteiger partial charge in [0.25, 0.3) is 0 Å². The van der Waals surface area contributed by atoms with E-state index < -0.39 is 0 Å². The third-order valence-electron chi connectivity index (χ3n) is 0. The summed E-state index contributed by atoms with van der Waals surface area (Å²) in [6.45, 7) is 0. The van der Waals surface area contributed by atoms with Crippen molar-refractivity contribution in [3.63, 3.8) is 0 Å². The van der Waals surface area contributed by atoms with E-state index in [2.05, 4.69) is 0 Å². The van der Waals surface area contributed by atoms with Crippen molar-refractivity contribution in [3.8, 4) is 0 Å². The fourth-order valence-electron chi connectivity index (χ4n) is 0. The molecule has 0 fully saturated rings. The van der Waals surface area contributed by atoms with Crippen LogP contribution in [0.4, 0.5) is 0 Å². The molecule has 0 unspecified atom stereocenters. The van der Waals surface area contributed by atoms with E-state index in [0.29, 0.717) is 0 Å². The van der Waals surface area contributed by atoms with Crippen LogP contribution in [0.1, 0.15) is 0 Å². The standard InChI is InChI=1S/CH3O.4FH.Nb/c1-2;;;;;/h1H3;4*1H;/q-1;;;;;+5/p-4. The molecule has 0 atom stereocenters. The molecule has 0 N–H and O–H groups in total. The maximum atomic E-state index is 8.25. The van der Waals surface area contributed by atoms with Gasteiger partial charge in [0.1, 0.15) is 0 Å². The fourth-order valence-corrected chi connectivity index (χ4v) is 0. The predicted molar refractivity (Wildman–Crippen MR) is 5.92 cm³/mol. The first-order chi connectivity index (χ1) is 1.00. The molecule has 0 amide bonds. The van der Waals surface area contributed by atoms with Crippen molar-refractivity contribution in [1.29, 1.82) is 0 Å². The van der Waals surface area contributed by atoms with Crippen LogP contribution in [0, 0.1) is 0 Å². The Hall–Kier alpha value is 0.420. The van der Waals surface area contributed by atoms with Crippen molar-refractivity contribution < 1.29 is 46.3 Å². The summed E-state index contributed by atoms with van der Waals surface area (Å²) in [5.41, 5.74) is 0. The van der Waals surface area contributed by atoms with Crippen molar-refractivity contribution in [2.75, 3.05) is 7.11 Å².